The first-order valence-corrected chi connectivity index (χ1v) is 11.8. The maximum Gasteiger partial charge on any atom is 0.409 e. The second-order valence-corrected chi connectivity index (χ2v) is 8.85. The van der Waals surface area contributed by atoms with Crippen LogP contribution < -0.4 is 10.6 Å². The number of ether oxygens (including phenoxy) is 1. The molecule has 3 heterocycles. The van der Waals surface area contributed by atoms with Crippen molar-refractivity contribution in [2.75, 3.05) is 43.4 Å². The van der Waals surface area contributed by atoms with Crippen molar-refractivity contribution < 1.29 is 19.1 Å². The Morgan fingerprint density at radius 3 is 2.53 bits per heavy atom. The fraction of sp³-hybridized carbons (Fsp3) is 0.350. The van der Waals surface area contributed by atoms with Gasteiger partial charge < -0.3 is 19.9 Å². The average Bonchev–Trinajstić information content (AvgIpc) is 3.39. The number of piperazine rings is 1. The number of aromatic nitrogens is 2. The highest BCUT2D eigenvalue weighted by Gasteiger charge is 2.25. The molecule has 12 heteroatoms. The summed E-state index contributed by atoms with van der Waals surface area (Å²) in [5, 5.41) is 8.27. The molecule has 1 saturated heterocycles. The predicted molar refractivity (Wildman–Crippen MR) is 123 cm³/mol. The minimum Gasteiger partial charge on any atom is -0.450 e. The number of rotatable bonds is 5. The van der Waals surface area contributed by atoms with Crippen LogP contribution in [0.5, 0.6) is 0 Å². The zero-order valence-corrected chi connectivity index (χ0v) is 19.0. The fourth-order valence-corrected chi connectivity index (χ4v) is 4.76. The van der Waals surface area contributed by atoms with E-state index in [0.717, 1.165) is 10.2 Å². The Kier molecular flexibility index (Phi) is 6.81. The van der Waals surface area contributed by atoms with E-state index in [1.54, 1.807) is 22.1 Å². The topological polar surface area (TPSA) is 117 Å². The van der Waals surface area contributed by atoms with Gasteiger partial charge in [-0.3, -0.25) is 10.1 Å². The van der Waals surface area contributed by atoms with Crippen LogP contribution in [0.2, 0.25) is 0 Å². The van der Waals surface area contributed by atoms with Crippen molar-refractivity contribution in [1.29, 1.82) is 0 Å². The van der Waals surface area contributed by atoms with Gasteiger partial charge in [-0.15, -0.1) is 11.3 Å². The van der Waals surface area contributed by atoms with Crippen LogP contribution in [0.1, 0.15) is 12.6 Å². The molecule has 0 unspecified atom stereocenters. The van der Waals surface area contributed by atoms with Crippen molar-refractivity contribution in [2.45, 2.75) is 13.3 Å². The number of hydrogen-bond acceptors (Lipinski definition) is 8. The summed E-state index contributed by atoms with van der Waals surface area (Å²) < 4.78 is 5.99. The van der Waals surface area contributed by atoms with Crippen molar-refractivity contribution in [3.63, 3.8) is 0 Å². The molecule has 2 aromatic heterocycles. The highest BCUT2D eigenvalue weighted by Crippen LogP contribution is 2.25. The molecule has 0 aliphatic carbocycles. The summed E-state index contributed by atoms with van der Waals surface area (Å²) in [6.07, 6.45) is -0.276. The third-order valence-corrected chi connectivity index (χ3v) is 6.50. The number of anilines is 2. The van der Waals surface area contributed by atoms with Gasteiger partial charge in [0.25, 0.3) is 0 Å². The minimum atomic E-state index is -0.360. The normalized spacial score (nSPS) is 13.8. The number of hydrogen-bond donors (Lipinski definition) is 2. The summed E-state index contributed by atoms with van der Waals surface area (Å²) in [4.78, 5) is 48.5. The third-order valence-electron chi connectivity index (χ3n) is 4.74. The van der Waals surface area contributed by atoms with Gasteiger partial charge in [-0.05, 0) is 19.1 Å². The second-order valence-electron chi connectivity index (χ2n) is 6.96. The van der Waals surface area contributed by atoms with Crippen LogP contribution in [0, 0.1) is 0 Å². The van der Waals surface area contributed by atoms with E-state index in [9.17, 15) is 14.4 Å². The molecule has 1 aliphatic rings. The lowest BCUT2D eigenvalue weighted by Gasteiger charge is -2.33. The van der Waals surface area contributed by atoms with Crippen LogP contribution in [-0.2, 0) is 16.0 Å². The summed E-state index contributed by atoms with van der Waals surface area (Å²) >= 11 is 2.67. The Balaban J connectivity index is 1.26. The molecule has 1 aliphatic heterocycles. The van der Waals surface area contributed by atoms with E-state index in [1.165, 1.54) is 22.7 Å². The number of urea groups is 1. The summed E-state index contributed by atoms with van der Waals surface area (Å²) in [7, 11) is 0. The Morgan fingerprint density at radius 2 is 1.78 bits per heavy atom. The molecule has 1 fully saturated rings. The van der Waals surface area contributed by atoms with Crippen LogP contribution in [-0.4, -0.2) is 70.6 Å². The van der Waals surface area contributed by atoms with Gasteiger partial charge in [-0.2, -0.15) is 0 Å². The lowest BCUT2D eigenvalue weighted by atomic mass is 10.3. The van der Waals surface area contributed by atoms with Gasteiger partial charge >= 0.3 is 12.1 Å². The van der Waals surface area contributed by atoms with Crippen LogP contribution in [0.3, 0.4) is 0 Å². The number of fused-ring (bicyclic) bond motifs is 1. The summed E-state index contributed by atoms with van der Waals surface area (Å²) in [5.41, 5.74) is 1.41. The van der Waals surface area contributed by atoms with Gasteiger partial charge in [0.2, 0.25) is 5.91 Å². The number of nitrogens with one attached hydrogen (secondary N) is 2. The number of benzene rings is 1. The molecule has 0 radical (unpaired) electrons. The Hall–Kier alpha value is -3.25. The van der Waals surface area contributed by atoms with E-state index >= 15 is 0 Å². The molecule has 4 amide bonds. The maximum absolute atomic E-state index is 12.5. The summed E-state index contributed by atoms with van der Waals surface area (Å²) in [6.45, 7) is 3.74. The van der Waals surface area contributed by atoms with Gasteiger partial charge in [0.15, 0.2) is 10.3 Å². The Morgan fingerprint density at radius 1 is 1.03 bits per heavy atom. The summed E-state index contributed by atoms with van der Waals surface area (Å²) in [5.74, 6) is -0.220. The quantitative estimate of drug-likeness (QED) is 0.586. The maximum atomic E-state index is 12.5. The second kappa shape index (κ2) is 9.92. The fourth-order valence-electron chi connectivity index (χ4n) is 3.18. The van der Waals surface area contributed by atoms with E-state index in [0.29, 0.717) is 48.7 Å². The lowest BCUT2D eigenvalue weighted by molar-refractivity contribution is -0.115. The first kappa shape index (κ1) is 22.0. The zero-order chi connectivity index (χ0) is 22.5. The van der Waals surface area contributed by atoms with Crippen molar-refractivity contribution in [3.05, 3.63) is 35.3 Å². The van der Waals surface area contributed by atoms with Crippen LogP contribution in [0.15, 0.2) is 29.6 Å². The van der Waals surface area contributed by atoms with Crippen molar-refractivity contribution in [2.24, 2.45) is 0 Å². The SMILES string of the molecule is CCOC(=O)N1CCN(C(=O)Nc2nc(CC(=O)Nc3nc4ccccc4s3)cs2)CC1. The van der Waals surface area contributed by atoms with Crippen LogP contribution in [0.4, 0.5) is 19.9 Å². The van der Waals surface area contributed by atoms with Gasteiger partial charge in [-0.25, -0.2) is 19.6 Å². The molecular formula is C20H22N6O4S2. The number of amides is 4. The number of thiazole rings is 2. The molecule has 0 saturated carbocycles. The molecule has 0 bridgehead atoms. The molecule has 168 valence electrons. The van der Waals surface area contributed by atoms with E-state index in [1.807, 2.05) is 24.3 Å². The van der Waals surface area contributed by atoms with E-state index in [2.05, 4.69) is 20.6 Å². The average molecular weight is 475 g/mol. The Labute approximate surface area is 192 Å². The molecule has 0 atom stereocenters. The molecule has 1 aromatic carbocycles. The molecule has 10 nitrogen and oxygen atoms in total. The molecule has 4 rings (SSSR count). The number of carbonyl (C=O) groups excluding carboxylic acids is 3. The number of para-hydroxylation sites is 1. The zero-order valence-electron chi connectivity index (χ0n) is 17.4. The highest BCUT2D eigenvalue weighted by molar-refractivity contribution is 7.22. The molecule has 0 spiro atoms. The first-order valence-electron chi connectivity index (χ1n) is 10.1. The van der Waals surface area contributed by atoms with Gasteiger partial charge in [0.05, 0.1) is 28.9 Å². The van der Waals surface area contributed by atoms with E-state index < -0.39 is 0 Å². The highest BCUT2D eigenvalue weighted by atomic mass is 32.1. The molecule has 2 N–H and O–H groups in total. The Bertz CT molecular complexity index is 1090. The smallest absolute Gasteiger partial charge is 0.409 e. The number of nitrogens with zero attached hydrogens (tertiary/aromatic N) is 4. The van der Waals surface area contributed by atoms with Crippen molar-refractivity contribution >= 4 is 61.2 Å². The predicted octanol–water partition coefficient (Wildman–Crippen LogP) is 3.24. The van der Waals surface area contributed by atoms with Crippen LogP contribution >= 0.6 is 22.7 Å². The minimum absolute atomic E-state index is 0.0838. The number of carbonyl (C=O) groups is 3. The third kappa shape index (κ3) is 5.32. The molecule has 3 aromatic rings. The largest absolute Gasteiger partial charge is 0.450 e. The van der Waals surface area contributed by atoms with Gasteiger partial charge in [-0.1, -0.05) is 23.5 Å². The van der Waals surface area contributed by atoms with E-state index in [-0.39, 0.29) is 24.5 Å². The first-order chi connectivity index (χ1) is 15.5. The van der Waals surface area contributed by atoms with Gasteiger partial charge in [0.1, 0.15) is 0 Å². The monoisotopic (exact) mass is 474 g/mol. The van der Waals surface area contributed by atoms with Crippen LogP contribution in [0.25, 0.3) is 10.2 Å². The summed E-state index contributed by atoms with van der Waals surface area (Å²) in [6, 6.07) is 7.40. The molecule has 32 heavy (non-hydrogen) atoms. The van der Waals surface area contributed by atoms with Crippen molar-refractivity contribution in [3.8, 4) is 0 Å². The lowest BCUT2D eigenvalue weighted by Crippen LogP contribution is -2.51. The molecular weight excluding hydrogens is 452 g/mol. The standard InChI is InChI=1S/C20H22N6O4S2/c1-2-30-20(29)26-9-7-25(8-10-26)19(28)24-17-21-13(12-31-17)11-16(27)23-18-22-14-5-3-4-6-15(14)32-18/h3-6,12H,2,7-11H2,1H3,(H,21,24,28)(H,22,23,27). The van der Waals surface area contributed by atoms with Gasteiger partial charge in [0, 0.05) is 31.6 Å². The van der Waals surface area contributed by atoms with Crippen molar-refractivity contribution in [1.82, 2.24) is 19.8 Å². The van der Waals surface area contributed by atoms with E-state index in [4.69, 9.17) is 4.74 Å².